The predicted octanol–water partition coefficient (Wildman–Crippen LogP) is 8.65. The average molecular weight is 728 g/mol. The van der Waals surface area contributed by atoms with Crippen LogP contribution in [0.2, 0.25) is 0 Å². The predicted molar refractivity (Wildman–Crippen MR) is 212 cm³/mol. The number of hydrogen-bond donors (Lipinski definition) is 3. The summed E-state index contributed by atoms with van der Waals surface area (Å²) in [6.45, 7) is 1.96. The van der Waals surface area contributed by atoms with Gasteiger partial charge in [0.05, 0.1) is 11.3 Å². The van der Waals surface area contributed by atoms with Gasteiger partial charge in [0.25, 0.3) is 11.8 Å². The second-order valence-corrected chi connectivity index (χ2v) is 13.8. The zero-order valence-electron chi connectivity index (χ0n) is 29.0. The number of aryl methyl sites for hydroxylation is 1. The van der Waals surface area contributed by atoms with E-state index in [1.807, 2.05) is 67.6 Å². The molecule has 8 nitrogen and oxygen atoms in total. The highest BCUT2D eigenvalue weighted by Gasteiger charge is 2.33. The van der Waals surface area contributed by atoms with Crippen LogP contribution in [0.25, 0.3) is 6.08 Å². The van der Waals surface area contributed by atoms with E-state index in [1.165, 1.54) is 11.8 Å². The zero-order valence-corrected chi connectivity index (χ0v) is 29.9. The van der Waals surface area contributed by atoms with Crippen LogP contribution in [0.4, 0.5) is 11.4 Å². The number of hydrogen-bond acceptors (Lipinski definition) is 6. The molecule has 3 N–H and O–H groups in total. The fraction of sp³-hybridized carbons (Fsp3) is 0.0444. The first kappa shape index (κ1) is 35.6. The Bertz CT molecular complexity index is 2440. The van der Waals surface area contributed by atoms with Crippen molar-refractivity contribution in [3.63, 3.8) is 0 Å². The van der Waals surface area contributed by atoms with E-state index in [9.17, 15) is 24.0 Å². The summed E-state index contributed by atoms with van der Waals surface area (Å²) in [6.07, 6.45) is 1.61. The van der Waals surface area contributed by atoms with Gasteiger partial charge in [0, 0.05) is 32.8 Å². The smallest absolute Gasteiger partial charge is 0.272 e. The summed E-state index contributed by atoms with van der Waals surface area (Å²) in [6, 6.07) is 44.0. The molecule has 7 rings (SSSR count). The van der Waals surface area contributed by atoms with Crippen molar-refractivity contribution in [2.75, 3.05) is 10.6 Å². The molecule has 3 amide bonds. The van der Waals surface area contributed by atoms with Gasteiger partial charge in [-0.25, -0.2) is 0 Å². The van der Waals surface area contributed by atoms with Crippen LogP contribution in [0.15, 0.2) is 162 Å². The second-order valence-electron chi connectivity index (χ2n) is 12.6. The van der Waals surface area contributed by atoms with E-state index in [-0.39, 0.29) is 34.1 Å². The maximum absolute atomic E-state index is 14.2. The summed E-state index contributed by atoms with van der Waals surface area (Å²) in [5.41, 5.74) is 4.66. The average Bonchev–Trinajstić information content (AvgIpc) is 3.20. The van der Waals surface area contributed by atoms with Crippen LogP contribution in [0.1, 0.15) is 64.1 Å². The Morgan fingerprint density at radius 1 is 0.630 bits per heavy atom. The third-order valence-corrected chi connectivity index (χ3v) is 10.1. The van der Waals surface area contributed by atoms with Crippen molar-refractivity contribution in [3.05, 3.63) is 202 Å². The lowest BCUT2D eigenvalue weighted by Crippen LogP contribution is -2.30. The number of fused-ring (bicyclic) bond motifs is 2. The first-order valence-electron chi connectivity index (χ1n) is 17.2. The molecule has 6 aromatic rings. The first-order valence-corrected chi connectivity index (χ1v) is 18.0. The Balaban J connectivity index is 1.14. The minimum absolute atomic E-state index is 0.0501. The van der Waals surface area contributed by atoms with E-state index in [2.05, 4.69) is 16.0 Å². The molecule has 0 radical (unpaired) electrons. The van der Waals surface area contributed by atoms with Crippen molar-refractivity contribution in [1.82, 2.24) is 5.32 Å². The highest BCUT2D eigenvalue weighted by atomic mass is 32.2. The summed E-state index contributed by atoms with van der Waals surface area (Å²) in [5, 5.41) is 7.82. The van der Waals surface area contributed by atoms with Crippen LogP contribution in [-0.4, -0.2) is 29.3 Å². The van der Waals surface area contributed by atoms with Gasteiger partial charge < -0.3 is 16.0 Å². The molecule has 54 heavy (non-hydrogen) atoms. The standard InChI is InChI=1S/C45H33N3O5S/c1-28-22-24-29(25-23-28)26-38(48-43(51)31-14-6-3-7-15-31)44(52)46-32-16-10-17-33(27-32)54-42(30-12-4-2-5-13-30)45(53)47-37-21-11-20-36-39(37)41(50)35-19-9-8-18-34(35)40(36)49/h2-27,42H,1H3,(H,46,52)(H,47,53)(H,48,51)/b38-26+. The van der Waals surface area contributed by atoms with Crippen LogP contribution in [-0.2, 0) is 9.59 Å². The summed E-state index contributed by atoms with van der Waals surface area (Å²) >= 11 is 1.26. The van der Waals surface area contributed by atoms with Crippen molar-refractivity contribution >= 4 is 58.5 Å². The summed E-state index contributed by atoms with van der Waals surface area (Å²) in [7, 11) is 0. The van der Waals surface area contributed by atoms with E-state index >= 15 is 0 Å². The maximum Gasteiger partial charge on any atom is 0.272 e. The number of benzene rings is 6. The SMILES string of the molecule is Cc1ccc(/C=C(/NC(=O)c2ccccc2)C(=O)Nc2cccc(SC(C(=O)Nc3cccc4c3C(=O)c3ccccc3C4=O)c3ccccc3)c2)cc1. The van der Waals surface area contributed by atoms with Crippen LogP contribution in [0.5, 0.6) is 0 Å². The lowest BCUT2D eigenvalue weighted by Gasteiger charge is -2.22. The fourth-order valence-electron chi connectivity index (χ4n) is 6.10. The number of carbonyl (C=O) groups excluding carboxylic acids is 5. The monoisotopic (exact) mass is 727 g/mol. The van der Waals surface area contributed by atoms with Gasteiger partial charge in [0.1, 0.15) is 10.9 Å². The number of carbonyl (C=O) groups is 5. The van der Waals surface area contributed by atoms with Crippen molar-refractivity contribution in [2.24, 2.45) is 0 Å². The Morgan fingerprint density at radius 3 is 1.98 bits per heavy atom. The largest absolute Gasteiger partial charge is 0.324 e. The number of amides is 3. The Kier molecular flexibility index (Phi) is 10.4. The molecule has 0 bridgehead atoms. The highest BCUT2D eigenvalue weighted by molar-refractivity contribution is 8.00. The van der Waals surface area contributed by atoms with Gasteiger partial charge in [0.2, 0.25) is 5.91 Å². The highest BCUT2D eigenvalue weighted by Crippen LogP contribution is 2.39. The molecule has 0 aromatic heterocycles. The van der Waals surface area contributed by atoms with Crippen molar-refractivity contribution < 1.29 is 24.0 Å². The zero-order chi connectivity index (χ0) is 37.6. The lowest BCUT2D eigenvalue weighted by atomic mass is 9.83. The van der Waals surface area contributed by atoms with Gasteiger partial charge in [-0.3, -0.25) is 24.0 Å². The van der Waals surface area contributed by atoms with Crippen LogP contribution < -0.4 is 16.0 Å². The fourth-order valence-corrected chi connectivity index (χ4v) is 7.19. The second kappa shape index (κ2) is 15.8. The molecule has 0 heterocycles. The molecule has 1 atom stereocenters. The maximum atomic E-state index is 14.2. The Labute approximate surface area is 316 Å². The van der Waals surface area contributed by atoms with Gasteiger partial charge in [-0.05, 0) is 60.5 Å². The molecule has 6 aromatic carbocycles. The van der Waals surface area contributed by atoms with Gasteiger partial charge in [-0.1, -0.05) is 121 Å². The molecule has 0 fully saturated rings. The van der Waals surface area contributed by atoms with E-state index in [1.54, 1.807) is 97.1 Å². The van der Waals surface area contributed by atoms with Crippen LogP contribution in [0.3, 0.4) is 0 Å². The van der Waals surface area contributed by atoms with E-state index < -0.39 is 23.0 Å². The number of ketones is 2. The van der Waals surface area contributed by atoms with E-state index in [0.29, 0.717) is 32.8 Å². The van der Waals surface area contributed by atoms with E-state index in [4.69, 9.17) is 0 Å². The van der Waals surface area contributed by atoms with Crippen molar-refractivity contribution in [2.45, 2.75) is 17.1 Å². The van der Waals surface area contributed by atoms with Gasteiger partial charge in [-0.2, -0.15) is 0 Å². The summed E-state index contributed by atoms with van der Waals surface area (Å²) in [4.78, 5) is 68.7. The minimum atomic E-state index is -0.781. The third kappa shape index (κ3) is 7.81. The molecule has 1 aliphatic carbocycles. The van der Waals surface area contributed by atoms with Crippen LogP contribution >= 0.6 is 11.8 Å². The Hall–Kier alpha value is -6.84. The number of anilines is 2. The minimum Gasteiger partial charge on any atom is -0.324 e. The number of nitrogens with one attached hydrogen (secondary N) is 3. The molecule has 264 valence electrons. The number of rotatable bonds is 10. The molecule has 1 aliphatic rings. The molecule has 0 spiro atoms. The molecule has 9 heteroatoms. The molecule has 0 saturated carbocycles. The third-order valence-electron chi connectivity index (χ3n) is 8.81. The first-order chi connectivity index (χ1) is 26.2. The van der Waals surface area contributed by atoms with Crippen LogP contribution in [0, 0.1) is 6.92 Å². The summed E-state index contributed by atoms with van der Waals surface area (Å²) < 4.78 is 0. The van der Waals surface area contributed by atoms with Crippen molar-refractivity contribution in [3.8, 4) is 0 Å². The topological polar surface area (TPSA) is 121 Å². The molecular formula is C45H33N3O5S. The summed E-state index contributed by atoms with van der Waals surface area (Å²) in [5.74, 6) is -1.98. The number of thioether (sulfide) groups is 1. The molecule has 1 unspecified atom stereocenters. The van der Waals surface area contributed by atoms with Gasteiger partial charge in [-0.15, -0.1) is 11.8 Å². The van der Waals surface area contributed by atoms with Gasteiger partial charge >= 0.3 is 0 Å². The quantitative estimate of drug-likeness (QED) is 0.0958. The normalized spacial score (nSPS) is 12.6. The lowest BCUT2D eigenvalue weighted by molar-refractivity contribution is -0.116. The Morgan fingerprint density at radius 2 is 1.26 bits per heavy atom. The van der Waals surface area contributed by atoms with E-state index in [0.717, 1.165) is 11.1 Å². The molecule has 0 aliphatic heterocycles. The van der Waals surface area contributed by atoms with Crippen molar-refractivity contribution in [1.29, 1.82) is 0 Å². The molecule has 0 saturated heterocycles. The molecular weight excluding hydrogens is 695 g/mol. The van der Waals surface area contributed by atoms with Gasteiger partial charge in [0.15, 0.2) is 11.6 Å².